The molecule has 15 heteroatoms. The van der Waals surface area contributed by atoms with Gasteiger partial charge in [0.25, 0.3) is 11.7 Å². The van der Waals surface area contributed by atoms with E-state index >= 15 is 0 Å². The summed E-state index contributed by atoms with van der Waals surface area (Å²) < 4.78 is 23.4. The van der Waals surface area contributed by atoms with Gasteiger partial charge >= 0.3 is 11.8 Å². The molecule has 3 aliphatic rings. The maximum Gasteiger partial charge on any atom is 0.312 e. The number of carbonyl (C=O) groups excluding carboxylic acids is 3. The number of anilines is 1. The molecule has 0 radical (unpaired) electrons. The van der Waals surface area contributed by atoms with E-state index in [2.05, 4.69) is 10.5 Å². The van der Waals surface area contributed by atoms with Crippen LogP contribution in [-0.4, -0.2) is 92.8 Å². The first-order chi connectivity index (χ1) is 26.2. The number of aliphatic hydroxyl groups is 2. The number of ketones is 1. The standard InChI is InChI=1S/C41H54N2O13/c1-18(2)56-42-17-26-31-36(49)29-28(35(26)48)30-38(24(8)34(29)47)55-41(10,39(30)50)53-16-15-27(52-11)21(5)37(54-25(9)44)23(7)33(46)22(6)32(45)19(3)13-12-14-20(4)40(51)43-31/h12-19,21-23,27,32-33,37,45-49H,1-11H3,(H,43,51)/b13-12+,16-15+,20-14+,42-17-. The Balaban J connectivity index is 1.97. The van der Waals surface area contributed by atoms with Gasteiger partial charge in [0.2, 0.25) is 0 Å². The van der Waals surface area contributed by atoms with Crippen molar-refractivity contribution < 1.29 is 63.7 Å². The number of phenolic OH excluding ortho intramolecular Hbond substituents is 3. The van der Waals surface area contributed by atoms with E-state index in [-0.39, 0.29) is 50.6 Å². The highest BCUT2D eigenvalue weighted by Crippen LogP contribution is 2.55. The number of aliphatic hydroxyl groups excluding tert-OH is 2. The summed E-state index contributed by atoms with van der Waals surface area (Å²) in [6, 6.07) is 0. The molecule has 6 N–H and O–H groups in total. The van der Waals surface area contributed by atoms with Gasteiger partial charge in [-0.3, -0.25) is 14.4 Å². The molecule has 1 amide bonds. The van der Waals surface area contributed by atoms with E-state index in [1.165, 1.54) is 53.2 Å². The molecule has 9 unspecified atom stereocenters. The molecular weight excluding hydrogens is 728 g/mol. The fourth-order valence-corrected chi connectivity index (χ4v) is 7.08. The molecule has 3 aliphatic heterocycles. The zero-order valence-electron chi connectivity index (χ0n) is 33.6. The van der Waals surface area contributed by atoms with Crippen LogP contribution in [0.3, 0.4) is 0 Å². The van der Waals surface area contributed by atoms with Crippen molar-refractivity contribution in [3.63, 3.8) is 0 Å². The lowest BCUT2D eigenvalue weighted by Gasteiger charge is -2.38. The number of hydrogen-bond acceptors (Lipinski definition) is 14. The van der Waals surface area contributed by atoms with Crippen molar-refractivity contribution in [3.8, 4) is 23.0 Å². The van der Waals surface area contributed by atoms with Crippen LogP contribution in [0.2, 0.25) is 0 Å². The largest absolute Gasteiger partial charge is 0.507 e. The Morgan fingerprint density at radius 1 is 0.964 bits per heavy atom. The molecule has 0 aliphatic carbocycles. The van der Waals surface area contributed by atoms with Crippen LogP contribution in [0.5, 0.6) is 23.0 Å². The van der Waals surface area contributed by atoms with Crippen LogP contribution in [-0.2, 0) is 28.6 Å². The monoisotopic (exact) mass is 782 g/mol. The molecule has 0 spiro atoms. The minimum Gasteiger partial charge on any atom is -0.507 e. The molecule has 306 valence electrons. The Labute approximate surface area is 326 Å². The van der Waals surface area contributed by atoms with Crippen molar-refractivity contribution in [1.29, 1.82) is 0 Å². The van der Waals surface area contributed by atoms with Gasteiger partial charge in [-0.25, -0.2) is 0 Å². The van der Waals surface area contributed by atoms with Crippen LogP contribution in [0, 0.1) is 30.6 Å². The third kappa shape index (κ3) is 8.49. The van der Waals surface area contributed by atoms with Gasteiger partial charge in [0.1, 0.15) is 29.5 Å². The maximum atomic E-state index is 14.3. The SMILES string of the molecule is COC1/C=C/OC2(C)Oc3c(C)c(O)c4c(O)c(c(/C=N\OC(C)C)c(O)c4c3C2=O)NC(=O)/C(C)=C/C=C/C(C)C(O)C(C)C(O)C(C)C(OC(C)=O)C1C. The van der Waals surface area contributed by atoms with Gasteiger partial charge in [-0.2, -0.15) is 0 Å². The molecule has 0 aromatic heterocycles. The van der Waals surface area contributed by atoms with E-state index in [9.17, 15) is 39.9 Å². The van der Waals surface area contributed by atoms with Gasteiger partial charge in [0.05, 0.1) is 53.0 Å². The summed E-state index contributed by atoms with van der Waals surface area (Å²) in [7, 11) is 1.43. The Morgan fingerprint density at radius 2 is 1.62 bits per heavy atom. The van der Waals surface area contributed by atoms with Crippen LogP contribution in [0.25, 0.3) is 10.8 Å². The number of Topliss-reactive ketones (excluding diaryl/α,β-unsaturated/α-hetero) is 1. The Bertz CT molecular complexity index is 1970. The summed E-state index contributed by atoms with van der Waals surface area (Å²) in [5.74, 6) is -8.63. The molecule has 56 heavy (non-hydrogen) atoms. The second kappa shape index (κ2) is 17.3. The average molecular weight is 783 g/mol. The highest BCUT2D eigenvalue weighted by atomic mass is 16.7. The predicted molar refractivity (Wildman–Crippen MR) is 208 cm³/mol. The number of methoxy groups -OCH3 is 1. The maximum absolute atomic E-state index is 14.3. The van der Waals surface area contributed by atoms with Crippen molar-refractivity contribution in [1.82, 2.24) is 0 Å². The van der Waals surface area contributed by atoms with Crippen molar-refractivity contribution in [2.45, 2.75) is 106 Å². The van der Waals surface area contributed by atoms with Crippen molar-refractivity contribution in [3.05, 3.63) is 52.8 Å². The number of nitrogens with zero attached hydrogens (tertiary/aromatic N) is 1. The van der Waals surface area contributed by atoms with E-state index in [4.69, 9.17) is 23.8 Å². The molecular formula is C41H54N2O13. The number of esters is 1. The van der Waals surface area contributed by atoms with Gasteiger partial charge in [0, 0.05) is 61.2 Å². The number of amides is 1. The number of phenols is 3. The van der Waals surface area contributed by atoms with E-state index in [0.717, 1.165) is 6.21 Å². The Hall–Kier alpha value is -5.12. The highest BCUT2D eigenvalue weighted by Gasteiger charge is 2.50. The smallest absolute Gasteiger partial charge is 0.312 e. The van der Waals surface area contributed by atoms with Gasteiger partial charge in [0.15, 0.2) is 5.75 Å². The lowest BCUT2D eigenvalue weighted by Crippen LogP contribution is -2.46. The highest BCUT2D eigenvalue weighted by molar-refractivity contribution is 6.23. The van der Waals surface area contributed by atoms with Gasteiger partial charge < -0.3 is 54.6 Å². The summed E-state index contributed by atoms with van der Waals surface area (Å²) in [5, 5.41) is 63.6. The van der Waals surface area contributed by atoms with Gasteiger partial charge in [-0.1, -0.05) is 51.1 Å². The van der Waals surface area contributed by atoms with E-state index in [1.54, 1.807) is 53.7 Å². The Morgan fingerprint density at radius 3 is 2.23 bits per heavy atom. The third-order valence-corrected chi connectivity index (χ3v) is 10.5. The number of carbonyl (C=O) groups is 3. The number of nitrogens with one attached hydrogen (secondary N) is 1. The Kier molecular flexibility index (Phi) is 13.5. The molecule has 9 atom stereocenters. The third-order valence-electron chi connectivity index (χ3n) is 10.5. The van der Waals surface area contributed by atoms with E-state index in [1.807, 2.05) is 0 Å². The van der Waals surface area contributed by atoms with Gasteiger partial charge in [-0.15, -0.1) is 0 Å². The molecule has 5 bridgehead atoms. The molecule has 2 aromatic carbocycles. The number of allylic oxidation sites excluding steroid dienone is 2. The van der Waals surface area contributed by atoms with Crippen LogP contribution in [0.1, 0.15) is 83.8 Å². The van der Waals surface area contributed by atoms with Crippen LogP contribution >= 0.6 is 0 Å². The van der Waals surface area contributed by atoms with Crippen LogP contribution in [0.4, 0.5) is 5.69 Å². The average Bonchev–Trinajstić information content (AvgIpc) is 3.41. The number of benzene rings is 2. The molecule has 0 saturated carbocycles. The summed E-state index contributed by atoms with van der Waals surface area (Å²) in [5.41, 5.74) is -0.618. The fraction of sp³-hybridized carbons (Fsp3) is 0.512. The first kappa shape index (κ1) is 43.6. The number of oxime groups is 1. The molecule has 2 aromatic rings. The topological polar surface area (TPSA) is 223 Å². The molecule has 3 heterocycles. The molecule has 0 saturated heterocycles. The zero-order chi connectivity index (χ0) is 42.0. The van der Waals surface area contributed by atoms with E-state index in [0.29, 0.717) is 0 Å². The molecule has 15 nitrogen and oxygen atoms in total. The first-order valence-electron chi connectivity index (χ1n) is 18.4. The summed E-state index contributed by atoms with van der Waals surface area (Å²) in [6.45, 7) is 15.8. The van der Waals surface area contributed by atoms with Crippen LogP contribution in [0.15, 0.2) is 41.3 Å². The number of aromatic hydroxyl groups is 3. The number of ether oxygens (including phenoxy) is 4. The lowest BCUT2D eigenvalue weighted by molar-refractivity contribution is -0.160. The van der Waals surface area contributed by atoms with Crippen LogP contribution < -0.4 is 10.1 Å². The second-order valence-corrected chi connectivity index (χ2v) is 15.0. The summed E-state index contributed by atoms with van der Waals surface area (Å²) >= 11 is 0. The minimum atomic E-state index is -2.06. The number of fused-ring (bicyclic) bond motifs is 14. The second-order valence-electron chi connectivity index (χ2n) is 15.0. The zero-order valence-corrected chi connectivity index (χ0v) is 33.6. The lowest BCUT2D eigenvalue weighted by atomic mass is 9.78. The molecule has 0 fully saturated rings. The van der Waals surface area contributed by atoms with E-state index < -0.39 is 88.8 Å². The van der Waals surface area contributed by atoms with Gasteiger partial charge in [-0.05, 0) is 33.8 Å². The van der Waals surface area contributed by atoms with Crippen molar-refractivity contribution in [2.75, 3.05) is 12.4 Å². The number of hydrogen-bond donors (Lipinski definition) is 6. The normalized spacial score (nSPS) is 31.1. The fourth-order valence-electron chi connectivity index (χ4n) is 7.08. The quantitative estimate of drug-likeness (QED) is 0.0725. The predicted octanol–water partition coefficient (Wildman–Crippen LogP) is 5.51. The molecule has 5 rings (SSSR count). The van der Waals surface area contributed by atoms with Crippen molar-refractivity contribution in [2.24, 2.45) is 28.8 Å². The number of rotatable bonds is 5. The first-order valence-corrected chi connectivity index (χ1v) is 18.4. The summed E-state index contributed by atoms with van der Waals surface area (Å²) in [4.78, 5) is 45.4. The summed E-state index contributed by atoms with van der Waals surface area (Å²) in [6.07, 6.45) is 4.11. The van der Waals surface area contributed by atoms with Crippen molar-refractivity contribution >= 4 is 40.3 Å². The minimum absolute atomic E-state index is 0.0334.